The maximum Gasteiger partial charge on any atom is 0.416 e. The normalized spacial score (nSPS) is 11.8. The number of alkyl halides is 3. The molecule has 0 saturated heterocycles. The van der Waals surface area contributed by atoms with Crippen LogP contribution in [0, 0.1) is 0 Å². The summed E-state index contributed by atoms with van der Waals surface area (Å²) in [5, 5.41) is 2.96. The van der Waals surface area contributed by atoms with Gasteiger partial charge in [0.1, 0.15) is 4.88 Å². The monoisotopic (exact) mass is 334 g/mol. The number of hydrogen-bond acceptors (Lipinski definition) is 4. The van der Waals surface area contributed by atoms with Crippen molar-refractivity contribution in [2.75, 3.05) is 24.3 Å². The lowest BCUT2D eigenvalue weighted by molar-refractivity contribution is -0.137. The quantitative estimate of drug-likeness (QED) is 0.840. The molecule has 0 spiro atoms. The van der Waals surface area contributed by atoms with Gasteiger partial charge in [0.05, 0.1) is 11.3 Å². The first-order valence-corrected chi connectivity index (χ1v) is 8.22. The molecule has 2 aromatic rings. The molecule has 0 atom stereocenters. The lowest BCUT2D eigenvalue weighted by Gasteiger charge is -2.06. The average Bonchev–Trinajstić information content (AvgIpc) is 2.75. The molecule has 0 bridgehead atoms. The molecule has 3 nitrogen and oxygen atoms in total. The molecule has 1 aromatic heterocycles. The molecule has 0 saturated carbocycles. The van der Waals surface area contributed by atoms with Crippen molar-refractivity contribution in [2.24, 2.45) is 0 Å². The van der Waals surface area contributed by atoms with E-state index in [1.54, 1.807) is 11.8 Å². The number of nitrogens with one attached hydrogen (secondary N) is 1. The molecule has 1 heterocycles. The number of hydrogen-bond donors (Lipinski definition) is 2. The molecule has 8 heteroatoms. The summed E-state index contributed by atoms with van der Waals surface area (Å²) in [6.45, 7) is 0.488. The summed E-state index contributed by atoms with van der Waals surface area (Å²) >= 11 is 2.68. The van der Waals surface area contributed by atoms with Crippen LogP contribution in [-0.4, -0.2) is 24.5 Å². The molecule has 0 radical (unpaired) electrons. The van der Waals surface area contributed by atoms with E-state index >= 15 is 0 Å². The Morgan fingerprint density at radius 1 is 1.43 bits per heavy atom. The fourth-order valence-electron chi connectivity index (χ4n) is 1.81. The zero-order chi connectivity index (χ0) is 15.6. The molecule has 21 heavy (non-hydrogen) atoms. The van der Waals surface area contributed by atoms with E-state index in [2.05, 4.69) is 5.32 Å². The Morgan fingerprint density at radius 3 is 2.76 bits per heavy atom. The summed E-state index contributed by atoms with van der Waals surface area (Å²) < 4.78 is 38.7. The molecule has 0 unspecified atom stereocenters. The van der Waals surface area contributed by atoms with Crippen molar-refractivity contribution in [3.05, 3.63) is 28.6 Å². The Kier molecular flexibility index (Phi) is 4.67. The van der Waals surface area contributed by atoms with Gasteiger partial charge in [-0.05, 0) is 24.5 Å². The van der Waals surface area contributed by atoms with E-state index in [1.165, 1.54) is 6.07 Å². The van der Waals surface area contributed by atoms with Gasteiger partial charge in [-0.3, -0.25) is 4.79 Å². The molecule has 0 aliphatic carbocycles. The number of thioether (sulfide) groups is 1. The van der Waals surface area contributed by atoms with Crippen LogP contribution in [-0.2, 0) is 6.18 Å². The molecule has 1 amide bonds. The maximum absolute atomic E-state index is 12.7. The number of carbonyl (C=O) groups excluding carboxylic acids is 1. The third-order valence-corrected chi connectivity index (χ3v) is 4.65. The Morgan fingerprint density at radius 2 is 2.14 bits per heavy atom. The van der Waals surface area contributed by atoms with E-state index in [4.69, 9.17) is 5.73 Å². The number of benzene rings is 1. The van der Waals surface area contributed by atoms with Crippen LogP contribution in [0.3, 0.4) is 0 Å². The SMILES string of the molecule is CSCCNC(=O)c1sc2ccc(C(F)(F)F)cc2c1N. The van der Waals surface area contributed by atoms with E-state index in [-0.39, 0.29) is 21.9 Å². The topological polar surface area (TPSA) is 55.1 Å². The molecule has 114 valence electrons. The lowest BCUT2D eigenvalue weighted by Crippen LogP contribution is -2.25. The highest BCUT2D eigenvalue weighted by Crippen LogP contribution is 2.38. The van der Waals surface area contributed by atoms with Crippen LogP contribution in [0.15, 0.2) is 18.2 Å². The van der Waals surface area contributed by atoms with Gasteiger partial charge in [-0.15, -0.1) is 11.3 Å². The Bertz CT molecular complexity index is 667. The minimum atomic E-state index is -4.43. The summed E-state index contributed by atoms with van der Waals surface area (Å²) in [6.07, 6.45) is -2.51. The summed E-state index contributed by atoms with van der Waals surface area (Å²) in [7, 11) is 0. The molecular weight excluding hydrogens is 321 g/mol. The third kappa shape index (κ3) is 3.44. The molecule has 1 aromatic carbocycles. The number of rotatable bonds is 4. The van der Waals surface area contributed by atoms with Gasteiger partial charge in [0.25, 0.3) is 5.91 Å². The summed E-state index contributed by atoms with van der Waals surface area (Å²) in [6, 6.07) is 3.32. The van der Waals surface area contributed by atoms with Crippen LogP contribution in [0.2, 0.25) is 0 Å². The minimum absolute atomic E-state index is 0.0998. The van der Waals surface area contributed by atoms with Gasteiger partial charge in [-0.1, -0.05) is 0 Å². The molecular formula is C13H13F3N2OS2. The largest absolute Gasteiger partial charge is 0.416 e. The van der Waals surface area contributed by atoms with Crippen molar-refractivity contribution in [1.82, 2.24) is 5.32 Å². The van der Waals surface area contributed by atoms with Crippen LogP contribution >= 0.6 is 23.1 Å². The zero-order valence-electron chi connectivity index (χ0n) is 11.1. The Hall–Kier alpha value is -1.41. The number of amides is 1. The first kappa shape index (κ1) is 16.0. The molecule has 0 aliphatic rings. The fraction of sp³-hybridized carbons (Fsp3) is 0.308. The van der Waals surface area contributed by atoms with E-state index in [0.717, 1.165) is 29.2 Å². The second-order valence-corrected chi connectivity index (χ2v) is 6.34. The van der Waals surface area contributed by atoms with Crippen molar-refractivity contribution in [1.29, 1.82) is 0 Å². The molecule has 0 aliphatic heterocycles. The van der Waals surface area contributed by atoms with Crippen LogP contribution in [0.4, 0.5) is 18.9 Å². The first-order chi connectivity index (χ1) is 9.84. The number of fused-ring (bicyclic) bond motifs is 1. The number of nitrogen functional groups attached to an aromatic ring is 1. The predicted octanol–water partition coefficient (Wildman–Crippen LogP) is 3.60. The van der Waals surface area contributed by atoms with Crippen molar-refractivity contribution in [2.45, 2.75) is 6.18 Å². The standard InChI is InChI=1S/C13H13F3N2OS2/c1-20-5-4-18-12(19)11-10(17)8-6-7(13(14,15)16)2-3-9(8)21-11/h2-3,6H,4-5,17H2,1H3,(H,18,19). The van der Waals surface area contributed by atoms with Crippen molar-refractivity contribution >= 4 is 44.8 Å². The number of halogens is 3. The minimum Gasteiger partial charge on any atom is -0.397 e. The van der Waals surface area contributed by atoms with E-state index in [1.807, 2.05) is 6.26 Å². The first-order valence-electron chi connectivity index (χ1n) is 6.01. The lowest BCUT2D eigenvalue weighted by atomic mass is 10.1. The molecule has 3 N–H and O–H groups in total. The van der Waals surface area contributed by atoms with Gasteiger partial charge < -0.3 is 11.1 Å². The second kappa shape index (κ2) is 6.15. The highest BCUT2D eigenvalue weighted by atomic mass is 32.2. The molecule has 2 rings (SSSR count). The zero-order valence-corrected chi connectivity index (χ0v) is 12.7. The third-order valence-electron chi connectivity index (χ3n) is 2.85. The van der Waals surface area contributed by atoms with Crippen molar-refractivity contribution in [3.8, 4) is 0 Å². The Balaban J connectivity index is 2.35. The molecule has 0 fully saturated rings. The number of carbonyl (C=O) groups is 1. The maximum atomic E-state index is 12.7. The highest BCUT2D eigenvalue weighted by Gasteiger charge is 2.31. The fourth-order valence-corrected chi connectivity index (χ4v) is 3.13. The van der Waals surface area contributed by atoms with Crippen LogP contribution in [0.25, 0.3) is 10.1 Å². The smallest absolute Gasteiger partial charge is 0.397 e. The average molecular weight is 334 g/mol. The van der Waals surface area contributed by atoms with Crippen molar-refractivity contribution in [3.63, 3.8) is 0 Å². The number of anilines is 1. The second-order valence-electron chi connectivity index (χ2n) is 4.30. The Labute approximate surface area is 127 Å². The van der Waals surface area contributed by atoms with Gasteiger partial charge in [-0.25, -0.2) is 0 Å². The van der Waals surface area contributed by atoms with E-state index in [9.17, 15) is 18.0 Å². The van der Waals surface area contributed by atoms with Crippen LogP contribution in [0.1, 0.15) is 15.2 Å². The van der Waals surface area contributed by atoms with Gasteiger partial charge in [0.15, 0.2) is 0 Å². The van der Waals surface area contributed by atoms with Gasteiger partial charge in [0.2, 0.25) is 0 Å². The van der Waals surface area contributed by atoms with E-state index < -0.39 is 11.7 Å². The van der Waals surface area contributed by atoms with Crippen LogP contribution < -0.4 is 11.1 Å². The highest BCUT2D eigenvalue weighted by molar-refractivity contribution is 7.98. The number of thiophene rings is 1. The van der Waals surface area contributed by atoms with Gasteiger partial charge in [-0.2, -0.15) is 24.9 Å². The number of nitrogens with two attached hydrogens (primary N) is 1. The predicted molar refractivity (Wildman–Crippen MR) is 82.0 cm³/mol. The summed E-state index contributed by atoms with van der Waals surface area (Å²) in [5.41, 5.74) is 5.16. The summed E-state index contributed by atoms with van der Waals surface area (Å²) in [5.74, 6) is 0.408. The van der Waals surface area contributed by atoms with E-state index in [0.29, 0.717) is 11.2 Å². The van der Waals surface area contributed by atoms with Crippen molar-refractivity contribution < 1.29 is 18.0 Å². The van der Waals surface area contributed by atoms with Gasteiger partial charge in [0, 0.05) is 22.4 Å². The van der Waals surface area contributed by atoms with Gasteiger partial charge >= 0.3 is 6.18 Å². The summed E-state index contributed by atoms with van der Waals surface area (Å²) in [4.78, 5) is 12.2. The van der Waals surface area contributed by atoms with Crippen LogP contribution in [0.5, 0.6) is 0 Å².